The molecule has 0 radical (unpaired) electrons. The standard InChI is InChI=1S/C21H21ClFNO2/c22-17-7-6-16(10-18(17)23)26-11-19(25)24-21-12-20(13-21,14-21)9-8-15-4-2-1-3-5-15/h1-7,10H,8-9,11-14H2,(H,24,25). The van der Waals surface area contributed by atoms with E-state index in [1.54, 1.807) is 6.07 Å². The molecule has 0 aromatic heterocycles. The third-order valence-corrected chi connectivity index (χ3v) is 5.90. The maximum absolute atomic E-state index is 13.4. The van der Waals surface area contributed by atoms with Crippen LogP contribution in [0.15, 0.2) is 48.5 Å². The van der Waals surface area contributed by atoms with Crippen molar-refractivity contribution in [2.45, 2.75) is 37.6 Å². The van der Waals surface area contributed by atoms with Gasteiger partial charge in [-0.3, -0.25) is 4.79 Å². The highest BCUT2D eigenvalue weighted by atomic mass is 35.5. The molecule has 26 heavy (non-hydrogen) atoms. The maximum Gasteiger partial charge on any atom is 0.258 e. The van der Waals surface area contributed by atoms with Gasteiger partial charge in [0, 0.05) is 11.6 Å². The zero-order valence-electron chi connectivity index (χ0n) is 14.4. The van der Waals surface area contributed by atoms with Gasteiger partial charge >= 0.3 is 0 Å². The Labute approximate surface area is 157 Å². The summed E-state index contributed by atoms with van der Waals surface area (Å²) in [6.07, 6.45) is 5.42. The van der Waals surface area contributed by atoms with Crippen LogP contribution >= 0.6 is 11.6 Å². The van der Waals surface area contributed by atoms with E-state index in [1.807, 2.05) is 6.07 Å². The molecule has 0 spiro atoms. The van der Waals surface area contributed by atoms with Crippen LogP contribution in [-0.4, -0.2) is 18.1 Å². The van der Waals surface area contributed by atoms with Crippen molar-refractivity contribution < 1.29 is 13.9 Å². The van der Waals surface area contributed by atoms with Crippen molar-refractivity contribution >= 4 is 17.5 Å². The average molecular weight is 374 g/mol. The molecule has 5 rings (SSSR count). The Kier molecular flexibility index (Phi) is 4.39. The Morgan fingerprint density at radius 2 is 1.88 bits per heavy atom. The lowest BCUT2D eigenvalue weighted by Gasteiger charge is -2.71. The molecule has 5 heteroatoms. The fourth-order valence-corrected chi connectivity index (χ4v) is 4.61. The van der Waals surface area contributed by atoms with Crippen molar-refractivity contribution in [3.8, 4) is 5.75 Å². The van der Waals surface area contributed by atoms with E-state index in [9.17, 15) is 9.18 Å². The van der Waals surface area contributed by atoms with E-state index in [0.29, 0.717) is 11.2 Å². The largest absolute Gasteiger partial charge is 0.484 e. The number of benzene rings is 2. The molecule has 3 nitrogen and oxygen atoms in total. The number of amides is 1. The molecule has 1 amide bonds. The third kappa shape index (κ3) is 3.43. The topological polar surface area (TPSA) is 38.3 Å². The Hall–Kier alpha value is -2.07. The first-order chi connectivity index (χ1) is 12.5. The van der Waals surface area contributed by atoms with Crippen LogP contribution in [0.3, 0.4) is 0 Å². The van der Waals surface area contributed by atoms with E-state index < -0.39 is 5.82 Å². The van der Waals surface area contributed by atoms with Gasteiger partial charge in [0.15, 0.2) is 6.61 Å². The van der Waals surface area contributed by atoms with Crippen LogP contribution in [0.5, 0.6) is 5.75 Å². The SMILES string of the molecule is O=C(COc1ccc(Cl)c(F)c1)NC12CC(CCc3ccccc3)(C1)C2. The first kappa shape index (κ1) is 17.3. The summed E-state index contributed by atoms with van der Waals surface area (Å²) in [7, 11) is 0. The summed E-state index contributed by atoms with van der Waals surface area (Å²) in [5, 5.41) is 3.13. The molecular formula is C21H21ClFNO2. The second kappa shape index (κ2) is 6.58. The summed E-state index contributed by atoms with van der Waals surface area (Å²) < 4.78 is 18.7. The summed E-state index contributed by atoms with van der Waals surface area (Å²) in [6, 6.07) is 14.7. The molecule has 0 aliphatic heterocycles. The summed E-state index contributed by atoms with van der Waals surface area (Å²) in [6.45, 7) is -0.111. The van der Waals surface area contributed by atoms with Crippen molar-refractivity contribution in [2.24, 2.45) is 5.41 Å². The molecule has 136 valence electrons. The summed E-state index contributed by atoms with van der Waals surface area (Å²) >= 11 is 5.63. The third-order valence-electron chi connectivity index (χ3n) is 5.59. The molecule has 1 N–H and O–H groups in total. The first-order valence-corrected chi connectivity index (χ1v) is 9.28. The van der Waals surface area contributed by atoms with Crippen LogP contribution in [0.2, 0.25) is 5.02 Å². The van der Waals surface area contributed by atoms with Crippen LogP contribution in [0.4, 0.5) is 4.39 Å². The van der Waals surface area contributed by atoms with Gasteiger partial charge in [0.25, 0.3) is 5.91 Å². The quantitative estimate of drug-likeness (QED) is 0.774. The fraction of sp³-hybridized carbons (Fsp3) is 0.381. The molecule has 3 saturated carbocycles. The number of rotatable bonds is 7. The van der Waals surface area contributed by atoms with E-state index in [1.165, 1.54) is 24.1 Å². The number of carbonyl (C=O) groups is 1. The normalized spacial score (nSPS) is 25.8. The zero-order chi connectivity index (χ0) is 18.2. The van der Waals surface area contributed by atoms with Crippen LogP contribution in [0, 0.1) is 11.2 Å². The molecule has 0 saturated heterocycles. The molecule has 3 aliphatic rings. The number of nitrogens with one attached hydrogen (secondary N) is 1. The molecule has 2 bridgehead atoms. The monoisotopic (exact) mass is 373 g/mol. The van der Waals surface area contributed by atoms with Crippen molar-refractivity contribution in [2.75, 3.05) is 6.61 Å². The summed E-state index contributed by atoms with van der Waals surface area (Å²) in [5.41, 5.74) is 1.74. The highest BCUT2D eigenvalue weighted by Crippen LogP contribution is 2.69. The van der Waals surface area contributed by atoms with Gasteiger partial charge in [-0.2, -0.15) is 0 Å². The van der Waals surface area contributed by atoms with Gasteiger partial charge in [-0.05, 0) is 55.2 Å². The minimum Gasteiger partial charge on any atom is -0.484 e. The Bertz CT molecular complexity index is 804. The predicted octanol–water partition coefficient (Wildman–Crippen LogP) is 4.53. The number of carbonyl (C=O) groups excluding carboxylic acids is 1. The van der Waals surface area contributed by atoms with Gasteiger partial charge in [0.2, 0.25) is 0 Å². The first-order valence-electron chi connectivity index (χ1n) is 8.91. The van der Waals surface area contributed by atoms with Gasteiger partial charge in [0.05, 0.1) is 5.02 Å². The van der Waals surface area contributed by atoms with E-state index in [-0.39, 0.29) is 23.1 Å². The highest BCUT2D eigenvalue weighted by molar-refractivity contribution is 6.30. The Morgan fingerprint density at radius 3 is 2.58 bits per heavy atom. The van der Waals surface area contributed by atoms with Crippen molar-refractivity contribution in [3.63, 3.8) is 0 Å². The minimum absolute atomic E-state index is 0.0384. The second-order valence-corrected chi connectivity index (χ2v) is 8.12. The predicted molar refractivity (Wildman–Crippen MR) is 98.8 cm³/mol. The van der Waals surface area contributed by atoms with E-state index >= 15 is 0 Å². The van der Waals surface area contributed by atoms with E-state index in [2.05, 4.69) is 29.6 Å². The molecule has 3 aliphatic carbocycles. The van der Waals surface area contributed by atoms with Crippen LogP contribution < -0.4 is 10.1 Å². The van der Waals surface area contributed by atoms with Crippen LogP contribution in [0.1, 0.15) is 31.2 Å². The van der Waals surface area contributed by atoms with Gasteiger partial charge in [-0.1, -0.05) is 41.9 Å². The maximum atomic E-state index is 13.4. The van der Waals surface area contributed by atoms with Gasteiger partial charge in [-0.15, -0.1) is 0 Å². The smallest absolute Gasteiger partial charge is 0.258 e. The molecule has 3 fully saturated rings. The molecule has 2 aromatic carbocycles. The summed E-state index contributed by atoms with van der Waals surface area (Å²) in [5.74, 6) is -0.403. The second-order valence-electron chi connectivity index (χ2n) is 7.71. The van der Waals surface area contributed by atoms with Crippen LogP contribution in [0.25, 0.3) is 0 Å². The molecule has 0 unspecified atom stereocenters. The fourth-order valence-electron chi connectivity index (χ4n) is 4.50. The lowest BCUT2D eigenvalue weighted by atomic mass is 9.38. The minimum atomic E-state index is -0.552. The van der Waals surface area contributed by atoms with Crippen molar-refractivity contribution in [1.29, 1.82) is 0 Å². The highest BCUT2D eigenvalue weighted by Gasteiger charge is 2.67. The number of hydrogen-bond acceptors (Lipinski definition) is 2. The Morgan fingerprint density at radius 1 is 1.15 bits per heavy atom. The number of aryl methyl sites for hydroxylation is 1. The van der Waals surface area contributed by atoms with Gasteiger partial charge in [0.1, 0.15) is 11.6 Å². The summed E-state index contributed by atoms with van der Waals surface area (Å²) in [4.78, 5) is 12.1. The number of halogens is 2. The molecule has 0 heterocycles. The Balaban J connectivity index is 1.20. The number of ether oxygens (including phenoxy) is 1. The van der Waals surface area contributed by atoms with Gasteiger partial charge in [-0.25, -0.2) is 4.39 Å². The average Bonchev–Trinajstić information content (AvgIpc) is 2.58. The number of hydrogen-bond donors (Lipinski definition) is 1. The van der Waals surface area contributed by atoms with Crippen LogP contribution in [-0.2, 0) is 11.2 Å². The van der Waals surface area contributed by atoms with Crippen molar-refractivity contribution in [3.05, 3.63) is 64.9 Å². The zero-order valence-corrected chi connectivity index (χ0v) is 15.2. The molecule has 0 atom stereocenters. The van der Waals surface area contributed by atoms with Gasteiger partial charge < -0.3 is 10.1 Å². The van der Waals surface area contributed by atoms with Crippen molar-refractivity contribution in [1.82, 2.24) is 5.32 Å². The van der Waals surface area contributed by atoms with E-state index in [4.69, 9.17) is 16.3 Å². The molecule has 2 aromatic rings. The van der Waals surface area contributed by atoms with E-state index in [0.717, 1.165) is 25.7 Å². The molecular weight excluding hydrogens is 353 g/mol. The lowest BCUT2D eigenvalue weighted by Crippen LogP contribution is -2.75. The lowest BCUT2D eigenvalue weighted by molar-refractivity contribution is -0.169.